The van der Waals surface area contributed by atoms with E-state index in [2.05, 4.69) is 31.6 Å². The van der Waals surface area contributed by atoms with Crippen molar-refractivity contribution >= 4 is 15.9 Å². The highest BCUT2D eigenvalue weighted by atomic mass is 79.9. The molecule has 0 aliphatic heterocycles. The van der Waals surface area contributed by atoms with Crippen LogP contribution in [0, 0.1) is 0 Å². The molecule has 1 heterocycles. The Bertz CT molecular complexity index is 601. The Hall–Kier alpha value is -1.60. The topological polar surface area (TPSA) is 61.2 Å². The van der Waals surface area contributed by atoms with Crippen molar-refractivity contribution in [2.45, 2.75) is 20.1 Å². The highest BCUT2D eigenvalue weighted by molar-refractivity contribution is 9.10. The molecule has 0 amide bonds. The molecule has 1 N–H and O–H groups in total. The molecule has 0 unspecified atom stereocenters. The first-order valence-corrected chi connectivity index (χ1v) is 7.51. The normalized spacial score (nSPS) is 10.7. The number of benzene rings is 1. The molecule has 114 valence electrons. The van der Waals surface area contributed by atoms with E-state index in [4.69, 9.17) is 9.47 Å². The average molecular weight is 355 g/mol. The van der Waals surface area contributed by atoms with E-state index in [-0.39, 0.29) is 0 Å². The van der Waals surface area contributed by atoms with E-state index in [0.29, 0.717) is 19.0 Å². The van der Waals surface area contributed by atoms with Crippen LogP contribution in [0.4, 0.5) is 0 Å². The number of aryl methyl sites for hydroxylation is 1. The Morgan fingerprint density at radius 2 is 2.14 bits per heavy atom. The van der Waals surface area contributed by atoms with E-state index in [1.54, 1.807) is 4.68 Å². The molecule has 0 aliphatic rings. The fraction of sp³-hybridized carbons (Fsp3) is 0.429. The van der Waals surface area contributed by atoms with Gasteiger partial charge in [-0.1, -0.05) is 5.21 Å². The summed E-state index contributed by atoms with van der Waals surface area (Å²) in [6, 6.07) is 4.00. The van der Waals surface area contributed by atoms with Gasteiger partial charge in [-0.15, -0.1) is 5.10 Å². The molecule has 0 bridgehead atoms. The number of hydrogen-bond acceptors (Lipinski definition) is 5. The summed E-state index contributed by atoms with van der Waals surface area (Å²) in [7, 11) is 3.73. The molecule has 0 saturated heterocycles. The Kier molecular flexibility index (Phi) is 5.58. The molecule has 0 saturated carbocycles. The van der Waals surface area contributed by atoms with Crippen molar-refractivity contribution in [2.24, 2.45) is 7.05 Å². The predicted octanol–water partition coefficient (Wildman–Crippen LogP) is 2.27. The summed E-state index contributed by atoms with van der Waals surface area (Å²) >= 11 is 3.54. The van der Waals surface area contributed by atoms with Gasteiger partial charge in [-0.2, -0.15) is 0 Å². The molecule has 0 spiro atoms. The van der Waals surface area contributed by atoms with Gasteiger partial charge in [0, 0.05) is 13.6 Å². The van der Waals surface area contributed by atoms with Gasteiger partial charge in [0.05, 0.1) is 17.3 Å². The lowest BCUT2D eigenvalue weighted by molar-refractivity contribution is 0.264. The minimum Gasteiger partial charge on any atom is -0.490 e. The lowest BCUT2D eigenvalue weighted by Gasteiger charge is -2.14. The van der Waals surface area contributed by atoms with Crippen molar-refractivity contribution < 1.29 is 9.47 Å². The summed E-state index contributed by atoms with van der Waals surface area (Å²) in [4.78, 5) is 0. The lowest BCUT2D eigenvalue weighted by Crippen LogP contribution is -2.07. The minimum absolute atomic E-state index is 0.345. The maximum atomic E-state index is 5.84. The molecule has 21 heavy (non-hydrogen) atoms. The second kappa shape index (κ2) is 7.42. The molecule has 6 nitrogen and oxygen atoms in total. The van der Waals surface area contributed by atoms with Crippen LogP contribution in [0.3, 0.4) is 0 Å². The third kappa shape index (κ3) is 4.18. The smallest absolute Gasteiger partial charge is 0.175 e. The lowest BCUT2D eigenvalue weighted by atomic mass is 10.2. The van der Waals surface area contributed by atoms with E-state index < -0.39 is 0 Å². The summed E-state index contributed by atoms with van der Waals surface area (Å²) in [5, 5.41) is 11.0. The van der Waals surface area contributed by atoms with Gasteiger partial charge >= 0.3 is 0 Å². The molecular weight excluding hydrogens is 336 g/mol. The number of nitrogens with zero attached hydrogens (tertiary/aromatic N) is 3. The van der Waals surface area contributed by atoms with Gasteiger partial charge in [-0.3, -0.25) is 4.68 Å². The number of halogens is 1. The van der Waals surface area contributed by atoms with E-state index in [1.807, 2.05) is 39.3 Å². The highest BCUT2D eigenvalue weighted by Gasteiger charge is 2.13. The fourth-order valence-electron chi connectivity index (χ4n) is 1.94. The standard InChI is InChI=1S/C14H19BrN4O2/c1-4-20-13-6-10(7-16-2)5-12(15)14(13)21-9-11-8-19(3)18-17-11/h5-6,8,16H,4,7,9H2,1-3H3. The SMILES string of the molecule is CCOc1cc(CNC)cc(Br)c1OCc1cn(C)nn1. The first kappa shape index (κ1) is 15.8. The number of nitrogens with one attached hydrogen (secondary N) is 1. The van der Waals surface area contributed by atoms with Crippen LogP contribution in [0.1, 0.15) is 18.2 Å². The Balaban J connectivity index is 2.19. The van der Waals surface area contributed by atoms with E-state index >= 15 is 0 Å². The van der Waals surface area contributed by atoms with Crippen LogP contribution in [0.2, 0.25) is 0 Å². The summed E-state index contributed by atoms with van der Waals surface area (Å²) in [5.74, 6) is 1.41. The van der Waals surface area contributed by atoms with Crippen molar-refractivity contribution in [3.8, 4) is 11.5 Å². The van der Waals surface area contributed by atoms with Crippen LogP contribution in [0.15, 0.2) is 22.8 Å². The third-order valence-electron chi connectivity index (χ3n) is 2.76. The van der Waals surface area contributed by atoms with Crippen molar-refractivity contribution in [3.63, 3.8) is 0 Å². The second-order valence-corrected chi connectivity index (χ2v) is 5.39. The fourth-order valence-corrected chi connectivity index (χ4v) is 2.54. The first-order valence-electron chi connectivity index (χ1n) is 6.71. The molecule has 0 radical (unpaired) electrons. The number of hydrogen-bond donors (Lipinski definition) is 1. The summed E-state index contributed by atoms with van der Waals surface area (Å²) in [5.41, 5.74) is 1.89. The van der Waals surface area contributed by atoms with Crippen LogP contribution < -0.4 is 14.8 Å². The van der Waals surface area contributed by atoms with Gasteiger partial charge in [-0.05, 0) is 47.6 Å². The maximum Gasteiger partial charge on any atom is 0.175 e. The second-order valence-electron chi connectivity index (χ2n) is 4.54. The first-order chi connectivity index (χ1) is 10.1. The van der Waals surface area contributed by atoms with E-state index in [0.717, 1.165) is 28.0 Å². The van der Waals surface area contributed by atoms with Crippen molar-refractivity contribution in [1.82, 2.24) is 20.3 Å². The molecule has 0 aliphatic carbocycles. The molecule has 0 fully saturated rings. The average Bonchev–Trinajstić information content (AvgIpc) is 2.84. The van der Waals surface area contributed by atoms with E-state index in [1.165, 1.54) is 0 Å². The molecule has 1 aromatic heterocycles. The van der Waals surface area contributed by atoms with Gasteiger partial charge in [0.15, 0.2) is 11.5 Å². The summed E-state index contributed by atoms with van der Waals surface area (Å²) < 4.78 is 14.0. The number of ether oxygens (including phenoxy) is 2. The van der Waals surface area contributed by atoms with Gasteiger partial charge in [0.2, 0.25) is 0 Å². The Morgan fingerprint density at radius 3 is 2.76 bits per heavy atom. The number of aromatic nitrogens is 3. The van der Waals surface area contributed by atoms with Crippen molar-refractivity contribution in [1.29, 1.82) is 0 Å². The van der Waals surface area contributed by atoms with Crippen LogP contribution >= 0.6 is 15.9 Å². The molecular formula is C14H19BrN4O2. The third-order valence-corrected chi connectivity index (χ3v) is 3.35. The number of rotatable bonds is 7. The van der Waals surface area contributed by atoms with Crippen LogP contribution in [-0.4, -0.2) is 28.6 Å². The van der Waals surface area contributed by atoms with Crippen molar-refractivity contribution in [2.75, 3.05) is 13.7 Å². The largest absolute Gasteiger partial charge is 0.490 e. The Labute approximate surface area is 132 Å². The zero-order valence-corrected chi connectivity index (χ0v) is 14.0. The quantitative estimate of drug-likeness (QED) is 0.826. The van der Waals surface area contributed by atoms with Gasteiger partial charge < -0.3 is 14.8 Å². The molecule has 0 atom stereocenters. The monoisotopic (exact) mass is 354 g/mol. The minimum atomic E-state index is 0.345. The highest BCUT2D eigenvalue weighted by Crippen LogP contribution is 2.37. The summed E-state index contributed by atoms with van der Waals surface area (Å²) in [6.45, 7) is 3.64. The van der Waals surface area contributed by atoms with Crippen molar-refractivity contribution in [3.05, 3.63) is 34.1 Å². The Morgan fingerprint density at radius 1 is 1.33 bits per heavy atom. The molecule has 7 heteroatoms. The van der Waals surface area contributed by atoms with Gasteiger partial charge in [-0.25, -0.2) is 0 Å². The zero-order valence-electron chi connectivity index (χ0n) is 12.4. The molecule has 1 aromatic carbocycles. The van der Waals surface area contributed by atoms with Crippen LogP contribution in [-0.2, 0) is 20.2 Å². The van der Waals surface area contributed by atoms with Crippen LogP contribution in [0.5, 0.6) is 11.5 Å². The van der Waals surface area contributed by atoms with Gasteiger partial charge in [0.1, 0.15) is 12.3 Å². The summed E-state index contributed by atoms with van der Waals surface area (Å²) in [6.07, 6.45) is 1.82. The zero-order chi connectivity index (χ0) is 15.2. The van der Waals surface area contributed by atoms with Gasteiger partial charge in [0.25, 0.3) is 0 Å². The molecule has 2 aromatic rings. The molecule has 2 rings (SSSR count). The maximum absolute atomic E-state index is 5.84. The predicted molar refractivity (Wildman–Crippen MR) is 83.4 cm³/mol. The van der Waals surface area contributed by atoms with Crippen LogP contribution in [0.25, 0.3) is 0 Å². The van der Waals surface area contributed by atoms with E-state index in [9.17, 15) is 0 Å².